The van der Waals surface area contributed by atoms with Crippen LogP contribution in [0.3, 0.4) is 0 Å². The summed E-state index contributed by atoms with van der Waals surface area (Å²) in [6, 6.07) is 5.00. The van der Waals surface area contributed by atoms with E-state index in [0.717, 1.165) is 17.7 Å². The smallest absolute Gasteiger partial charge is 0.416 e. The fraction of sp³-hybridized carbons (Fsp3) is 0.533. The van der Waals surface area contributed by atoms with Gasteiger partial charge in [-0.15, -0.1) is 0 Å². The zero-order valence-corrected chi connectivity index (χ0v) is 11.6. The van der Waals surface area contributed by atoms with E-state index in [1.807, 2.05) is 0 Å². The standard InChI is InChI=1S/C15H17F3O2/c1-14(2,3)20-13(19)12-8-11(12)9-4-6-10(7-5-9)15(16,17)18/h4-7,11-12H,8H2,1-3H3/t11-,12+/m0/s1. The molecule has 20 heavy (non-hydrogen) atoms. The van der Waals surface area contributed by atoms with Crippen LogP contribution in [0.5, 0.6) is 0 Å². The number of carbonyl (C=O) groups excluding carboxylic acids is 1. The van der Waals surface area contributed by atoms with Crippen LogP contribution in [0.4, 0.5) is 13.2 Å². The molecule has 0 saturated heterocycles. The van der Waals surface area contributed by atoms with Gasteiger partial charge in [-0.3, -0.25) is 4.79 Å². The molecule has 0 aliphatic heterocycles. The second kappa shape index (κ2) is 4.79. The van der Waals surface area contributed by atoms with Crippen molar-refractivity contribution < 1.29 is 22.7 Å². The molecule has 0 N–H and O–H groups in total. The van der Waals surface area contributed by atoms with Crippen LogP contribution in [0.15, 0.2) is 24.3 Å². The molecular formula is C15H17F3O2. The van der Waals surface area contributed by atoms with E-state index in [4.69, 9.17) is 4.74 Å². The van der Waals surface area contributed by atoms with Crippen molar-refractivity contribution in [2.24, 2.45) is 5.92 Å². The minimum absolute atomic E-state index is 0.0212. The third-order valence-corrected chi connectivity index (χ3v) is 3.17. The molecular weight excluding hydrogens is 269 g/mol. The zero-order chi connectivity index (χ0) is 15.1. The highest BCUT2D eigenvalue weighted by Crippen LogP contribution is 2.49. The summed E-state index contributed by atoms with van der Waals surface area (Å²) in [5.74, 6) is -0.527. The molecule has 0 radical (unpaired) electrons. The summed E-state index contributed by atoms with van der Waals surface area (Å²) in [6.45, 7) is 5.38. The van der Waals surface area contributed by atoms with Crippen LogP contribution in [0, 0.1) is 5.92 Å². The van der Waals surface area contributed by atoms with Crippen molar-refractivity contribution in [2.75, 3.05) is 0 Å². The molecule has 0 bridgehead atoms. The van der Waals surface area contributed by atoms with Gasteiger partial charge in [0.05, 0.1) is 11.5 Å². The Kier molecular flexibility index (Phi) is 3.56. The van der Waals surface area contributed by atoms with Gasteiger partial charge in [-0.1, -0.05) is 12.1 Å². The monoisotopic (exact) mass is 286 g/mol. The van der Waals surface area contributed by atoms with Crippen LogP contribution in [0.25, 0.3) is 0 Å². The van der Waals surface area contributed by atoms with Crippen LogP contribution in [0.2, 0.25) is 0 Å². The fourth-order valence-corrected chi connectivity index (χ4v) is 2.12. The van der Waals surface area contributed by atoms with E-state index in [9.17, 15) is 18.0 Å². The molecule has 0 spiro atoms. The number of hydrogen-bond acceptors (Lipinski definition) is 2. The van der Waals surface area contributed by atoms with Gasteiger partial charge in [0.1, 0.15) is 5.60 Å². The Morgan fingerprint density at radius 1 is 1.15 bits per heavy atom. The van der Waals surface area contributed by atoms with Gasteiger partial charge >= 0.3 is 12.1 Å². The third kappa shape index (κ3) is 3.52. The molecule has 0 aromatic heterocycles. The minimum atomic E-state index is -4.33. The van der Waals surface area contributed by atoms with Gasteiger partial charge in [0.15, 0.2) is 0 Å². The summed E-state index contributed by atoms with van der Waals surface area (Å²) in [6.07, 6.45) is -3.69. The van der Waals surface area contributed by atoms with Gasteiger partial charge in [-0.2, -0.15) is 13.2 Å². The first-order chi connectivity index (χ1) is 9.08. The van der Waals surface area contributed by atoms with E-state index in [1.165, 1.54) is 12.1 Å². The first kappa shape index (κ1) is 14.9. The topological polar surface area (TPSA) is 26.3 Å². The average molecular weight is 286 g/mol. The molecule has 2 rings (SSSR count). The van der Waals surface area contributed by atoms with Crippen LogP contribution in [-0.4, -0.2) is 11.6 Å². The molecule has 110 valence electrons. The van der Waals surface area contributed by atoms with Crippen molar-refractivity contribution in [1.82, 2.24) is 0 Å². The minimum Gasteiger partial charge on any atom is -0.460 e. The molecule has 0 unspecified atom stereocenters. The van der Waals surface area contributed by atoms with Crippen LogP contribution in [-0.2, 0) is 15.7 Å². The van der Waals surface area contributed by atoms with Gasteiger partial charge < -0.3 is 4.74 Å². The number of halogens is 3. The summed E-state index contributed by atoms with van der Waals surface area (Å²) >= 11 is 0. The molecule has 1 saturated carbocycles. The van der Waals surface area contributed by atoms with Gasteiger partial charge in [-0.05, 0) is 50.8 Å². The maximum Gasteiger partial charge on any atom is 0.416 e. The molecule has 1 aliphatic rings. The van der Waals surface area contributed by atoms with E-state index in [1.54, 1.807) is 20.8 Å². The van der Waals surface area contributed by atoms with Crippen LogP contribution in [0.1, 0.15) is 44.2 Å². The first-order valence-corrected chi connectivity index (χ1v) is 6.48. The number of benzene rings is 1. The molecule has 5 heteroatoms. The number of alkyl halides is 3. The Hall–Kier alpha value is -1.52. The fourth-order valence-electron chi connectivity index (χ4n) is 2.12. The Bertz CT molecular complexity index is 497. The van der Waals surface area contributed by atoms with E-state index >= 15 is 0 Å². The highest BCUT2D eigenvalue weighted by Gasteiger charge is 2.46. The molecule has 1 aliphatic carbocycles. The average Bonchev–Trinajstić information content (AvgIpc) is 3.05. The van der Waals surface area contributed by atoms with Gasteiger partial charge in [0.25, 0.3) is 0 Å². The molecule has 2 nitrogen and oxygen atoms in total. The normalized spacial score (nSPS) is 22.5. The molecule has 1 aromatic rings. The van der Waals surface area contributed by atoms with E-state index in [2.05, 4.69) is 0 Å². The van der Waals surface area contributed by atoms with Crippen molar-refractivity contribution >= 4 is 5.97 Å². The highest BCUT2D eigenvalue weighted by molar-refractivity contribution is 5.77. The van der Waals surface area contributed by atoms with Crippen LogP contribution < -0.4 is 0 Å². The molecule has 0 heterocycles. The van der Waals surface area contributed by atoms with Crippen molar-refractivity contribution in [2.45, 2.75) is 44.9 Å². The number of hydrogen-bond donors (Lipinski definition) is 0. The highest BCUT2D eigenvalue weighted by atomic mass is 19.4. The SMILES string of the molecule is CC(C)(C)OC(=O)[C@@H]1C[C@H]1c1ccc(C(F)(F)F)cc1. The number of esters is 1. The van der Waals surface area contributed by atoms with Crippen molar-refractivity contribution in [3.63, 3.8) is 0 Å². The second-order valence-electron chi connectivity index (χ2n) is 6.10. The predicted molar refractivity (Wildman–Crippen MR) is 68.1 cm³/mol. The Balaban J connectivity index is 2.00. The summed E-state index contributed by atoms with van der Waals surface area (Å²) in [5.41, 5.74) is -0.450. The molecule has 1 aromatic carbocycles. The molecule has 0 amide bonds. The third-order valence-electron chi connectivity index (χ3n) is 3.17. The van der Waals surface area contributed by atoms with E-state index in [-0.39, 0.29) is 17.8 Å². The van der Waals surface area contributed by atoms with Crippen molar-refractivity contribution in [3.8, 4) is 0 Å². The number of ether oxygens (including phenoxy) is 1. The lowest BCUT2D eigenvalue weighted by Gasteiger charge is -2.19. The van der Waals surface area contributed by atoms with Crippen molar-refractivity contribution in [1.29, 1.82) is 0 Å². The zero-order valence-electron chi connectivity index (χ0n) is 11.6. The number of carbonyl (C=O) groups is 1. The quantitative estimate of drug-likeness (QED) is 0.763. The van der Waals surface area contributed by atoms with Gasteiger partial charge in [-0.25, -0.2) is 0 Å². The summed E-state index contributed by atoms with van der Waals surface area (Å²) in [5, 5.41) is 0. The van der Waals surface area contributed by atoms with E-state index < -0.39 is 17.3 Å². The lowest BCUT2D eigenvalue weighted by molar-refractivity contribution is -0.156. The van der Waals surface area contributed by atoms with Crippen LogP contribution >= 0.6 is 0 Å². The number of rotatable bonds is 2. The second-order valence-corrected chi connectivity index (χ2v) is 6.10. The maximum atomic E-state index is 12.5. The summed E-state index contributed by atoms with van der Waals surface area (Å²) < 4.78 is 42.6. The van der Waals surface area contributed by atoms with Gasteiger partial charge in [0.2, 0.25) is 0 Å². The Morgan fingerprint density at radius 3 is 2.15 bits per heavy atom. The molecule has 2 atom stereocenters. The first-order valence-electron chi connectivity index (χ1n) is 6.48. The van der Waals surface area contributed by atoms with Crippen molar-refractivity contribution in [3.05, 3.63) is 35.4 Å². The Labute approximate surface area is 115 Å². The lowest BCUT2D eigenvalue weighted by atomic mass is 10.1. The maximum absolute atomic E-state index is 12.5. The lowest BCUT2D eigenvalue weighted by Crippen LogP contribution is -2.25. The summed E-state index contributed by atoms with van der Waals surface area (Å²) in [7, 11) is 0. The van der Waals surface area contributed by atoms with E-state index in [0.29, 0.717) is 6.42 Å². The Morgan fingerprint density at radius 2 is 1.70 bits per heavy atom. The van der Waals surface area contributed by atoms with Gasteiger partial charge in [0, 0.05) is 0 Å². The molecule has 1 fully saturated rings. The predicted octanol–water partition coefficient (Wildman–Crippen LogP) is 4.15. The summed E-state index contributed by atoms with van der Waals surface area (Å²) in [4.78, 5) is 11.8. The largest absolute Gasteiger partial charge is 0.460 e.